The smallest absolute Gasteiger partial charge is 0.262 e. The van der Waals surface area contributed by atoms with Gasteiger partial charge in [-0.2, -0.15) is 0 Å². The summed E-state index contributed by atoms with van der Waals surface area (Å²) >= 11 is 13.8. The number of carbonyl (C=O) groups is 1. The fourth-order valence-corrected chi connectivity index (χ4v) is 4.44. The highest BCUT2D eigenvalue weighted by Gasteiger charge is 2.20. The van der Waals surface area contributed by atoms with Crippen molar-refractivity contribution in [2.45, 2.75) is 40.2 Å². The van der Waals surface area contributed by atoms with Gasteiger partial charge in [-0.15, -0.1) is 11.3 Å². The number of aromatic nitrogens is 2. The van der Waals surface area contributed by atoms with Crippen molar-refractivity contribution in [2.75, 3.05) is 0 Å². The van der Waals surface area contributed by atoms with Crippen LogP contribution in [0.3, 0.4) is 0 Å². The van der Waals surface area contributed by atoms with Crippen molar-refractivity contribution in [3.8, 4) is 11.1 Å². The molecular formula is C19H18Cl2N2O2S. The van der Waals surface area contributed by atoms with Gasteiger partial charge in [0, 0.05) is 23.4 Å². The molecule has 0 aliphatic heterocycles. The Kier molecular flexibility index (Phi) is 5.51. The summed E-state index contributed by atoms with van der Waals surface area (Å²) < 4.78 is 1.58. The lowest BCUT2D eigenvalue weighted by Gasteiger charge is -2.10. The maximum atomic E-state index is 13.2. The molecule has 0 unspecified atom stereocenters. The predicted molar refractivity (Wildman–Crippen MR) is 109 cm³/mol. The van der Waals surface area contributed by atoms with Gasteiger partial charge in [-0.25, -0.2) is 4.98 Å². The van der Waals surface area contributed by atoms with Crippen LogP contribution < -0.4 is 5.56 Å². The number of benzene rings is 1. The monoisotopic (exact) mass is 408 g/mol. The van der Waals surface area contributed by atoms with E-state index in [1.165, 1.54) is 18.3 Å². The summed E-state index contributed by atoms with van der Waals surface area (Å²) in [6.07, 6.45) is 1.09. The van der Waals surface area contributed by atoms with E-state index in [1.807, 2.05) is 13.0 Å². The highest BCUT2D eigenvalue weighted by molar-refractivity contribution is 7.19. The number of thiophene rings is 1. The second-order valence-corrected chi connectivity index (χ2v) is 8.03. The largest absolute Gasteiger partial charge is 0.300 e. The molecule has 0 fully saturated rings. The summed E-state index contributed by atoms with van der Waals surface area (Å²) in [7, 11) is 0. The van der Waals surface area contributed by atoms with Crippen molar-refractivity contribution < 1.29 is 4.79 Å². The van der Waals surface area contributed by atoms with Gasteiger partial charge in [0.2, 0.25) is 0 Å². The molecule has 0 saturated carbocycles. The standard InChI is InChI=1S/C19H18Cl2N2O2S/c1-4-15-16(12-5-6-13(20)14(21)9-12)17-18(26-15)22-11(3)23(19(17)25)8-7-10(2)24/h5-6,9H,4,7-8H2,1-3H3. The minimum absolute atomic E-state index is 0.0423. The molecule has 3 aromatic rings. The van der Waals surface area contributed by atoms with E-state index in [0.29, 0.717) is 39.1 Å². The molecule has 136 valence electrons. The molecule has 4 nitrogen and oxygen atoms in total. The van der Waals surface area contributed by atoms with Gasteiger partial charge in [-0.3, -0.25) is 14.2 Å². The molecule has 0 aliphatic rings. The third-order valence-electron chi connectivity index (χ3n) is 4.29. The lowest BCUT2D eigenvalue weighted by atomic mass is 10.0. The van der Waals surface area contributed by atoms with E-state index in [-0.39, 0.29) is 11.3 Å². The lowest BCUT2D eigenvalue weighted by molar-refractivity contribution is -0.117. The van der Waals surface area contributed by atoms with Crippen molar-refractivity contribution >= 4 is 50.5 Å². The molecule has 0 saturated heterocycles. The van der Waals surface area contributed by atoms with E-state index in [9.17, 15) is 9.59 Å². The molecule has 0 radical (unpaired) electrons. The molecule has 0 N–H and O–H groups in total. The summed E-state index contributed by atoms with van der Waals surface area (Å²) in [5, 5.41) is 1.50. The third-order valence-corrected chi connectivity index (χ3v) is 6.26. The SMILES string of the molecule is CCc1sc2nc(C)n(CCC(C)=O)c(=O)c2c1-c1ccc(Cl)c(Cl)c1. The molecule has 26 heavy (non-hydrogen) atoms. The highest BCUT2D eigenvalue weighted by atomic mass is 35.5. The Labute approximate surface area is 165 Å². The molecular weight excluding hydrogens is 391 g/mol. The van der Waals surface area contributed by atoms with E-state index in [0.717, 1.165) is 22.4 Å². The first-order valence-corrected chi connectivity index (χ1v) is 9.88. The van der Waals surface area contributed by atoms with Gasteiger partial charge in [0.25, 0.3) is 5.56 Å². The van der Waals surface area contributed by atoms with Crippen LogP contribution in [0.25, 0.3) is 21.3 Å². The van der Waals surface area contributed by atoms with Crippen molar-refractivity contribution in [1.82, 2.24) is 9.55 Å². The number of aryl methyl sites for hydroxylation is 2. The molecule has 2 aromatic heterocycles. The van der Waals surface area contributed by atoms with E-state index in [2.05, 4.69) is 4.98 Å². The number of nitrogens with zero attached hydrogens (tertiary/aromatic N) is 2. The second-order valence-electron chi connectivity index (χ2n) is 6.13. The Bertz CT molecular complexity index is 1070. The summed E-state index contributed by atoms with van der Waals surface area (Å²) in [5.74, 6) is 0.661. The summed E-state index contributed by atoms with van der Waals surface area (Å²) in [6.45, 7) is 5.70. The molecule has 0 bridgehead atoms. The summed E-state index contributed by atoms with van der Waals surface area (Å²) in [4.78, 5) is 31.0. The maximum absolute atomic E-state index is 13.2. The number of halogens is 2. The van der Waals surface area contributed by atoms with Gasteiger partial charge in [0.05, 0.1) is 15.4 Å². The van der Waals surface area contributed by atoms with Crippen LogP contribution >= 0.6 is 34.5 Å². The van der Waals surface area contributed by atoms with Crippen LogP contribution in [-0.2, 0) is 17.8 Å². The quantitative estimate of drug-likeness (QED) is 0.576. The zero-order valence-electron chi connectivity index (χ0n) is 14.7. The van der Waals surface area contributed by atoms with Gasteiger partial charge < -0.3 is 0 Å². The van der Waals surface area contributed by atoms with E-state index >= 15 is 0 Å². The van der Waals surface area contributed by atoms with Crippen molar-refractivity contribution in [3.63, 3.8) is 0 Å². The van der Waals surface area contributed by atoms with Gasteiger partial charge in [0.15, 0.2) is 0 Å². The fraction of sp³-hybridized carbons (Fsp3) is 0.316. The average Bonchev–Trinajstić information content (AvgIpc) is 2.95. The topological polar surface area (TPSA) is 52.0 Å². The van der Waals surface area contributed by atoms with Crippen LogP contribution in [0, 0.1) is 6.92 Å². The van der Waals surface area contributed by atoms with Gasteiger partial charge in [-0.1, -0.05) is 36.2 Å². The Hall–Kier alpha value is -1.69. The molecule has 0 aliphatic carbocycles. The molecule has 0 atom stereocenters. The second kappa shape index (κ2) is 7.51. The first-order valence-electron chi connectivity index (χ1n) is 8.31. The Morgan fingerprint density at radius 2 is 2.00 bits per heavy atom. The zero-order chi connectivity index (χ0) is 19.0. The van der Waals surface area contributed by atoms with Crippen molar-refractivity contribution in [3.05, 3.63) is 49.3 Å². The van der Waals surface area contributed by atoms with Crippen LogP contribution in [0.2, 0.25) is 10.0 Å². The Morgan fingerprint density at radius 3 is 2.62 bits per heavy atom. The Morgan fingerprint density at radius 1 is 1.27 bits per heavy atom. The molecule has 7 heteroatoms. The minimum Gasteiger partial charge on any atom is -0.300 e. The van der Waals surface area contributed by atoms with E-state index in [4.69, 9.17) is 23.2 Å². The molecule has 1 aromatic carbocycles. The number of fused-ring (bicyclic) bond motifs is 1. The highest BCUT2D eigenvalue weighted by Crippen LogP contribution is 2.38. The van der Waals surface area contributed by atoms with Crippen LogP contribution in [0.1, 0.15) is 31.0 Å². The third kappa shape index (κ3) is 3.43. The van der Waals surface area contributed by atoms with Gasteiger partial charge in [0.1, 0.15) is 16.4 Å². The van der Waals surface area contributed by atoms with Gasteiger partial charge in [-0.05, 0) is 38.0 Å². The minimum atomic E-state index is -0.120. The van der Waals surface area contributed by atoms with E-state index < -0.39 is 0 Å². The van der Waals surface area contributed by atoms with Crippen LogP contribution in [0.4, 0.5) is 0 Å². The fourth-order valence-electron chi connectivity index (χ4n) is 2.97. The number of rotatable bonds is 5. The maximum Gasteiger partial charge on any atom is 0.262 e. The first-order chi connectivity index (χ1) is 12.3. The number of hydrogen-bond acceptors (Lipinski definition) is 4. The molecule has 0 amide bonds. The molecule has 2 heterocycles. The normalized spacial score (nSPS) is 11.3. The summed E-state index contributed by atoms with van der Waals surface area (Å²) in [5.41, 5.74) is 1.59. The lowest BCUT2D eigenvalue weighted by Crippen LogP contribution is -2.24. The predicted octanol–water partition coefficient (Wildman–Crippen LogP) is 5.28. The zero-order valence-corrected chi connectivity index (χ0v) is 17.1. The van der Waals surface area contributed by atoms with Crippen LogP contribution in [-0.4, -0.2) is 15.3 Å². The van der Waals surface area contributed by atoms with Gasteiger partial charge >= 0.3 is 0 Å². The number of Topliss-reactive ketones (excluding diaryl/α,β-unsaturated/α-hetero) is 1. The summed E-state index contributed by atoms with van der Waals surface area (Å²) in [6, 6.07) is 5.38. The van der Waals surface area contributed by atoms with Crippen molar-refractivity contribution in [1.29, 1.82) is 0 Å². The first kappa shape index (κ1) is 19.1. The number of carbonyl (C=O) groups excluding carboxylic acids is 1. The van der Waals surface area contributed by atoms with E-state index in [1.54, 1.807) is 23.6 Å². The van der Waals surface area contributed by atoms with Crippen molar-refractivity contribution in [2.24, 2.45) is 0 Å². The average molecular weight is 409 g/mol. The number of hydrogen-bond donors (Lipinski definition) is 0. The molecule has 0 spiro atoms. The Balaban J connectivity index is 2.30. The van der Waals surface area contributed by atoms with Crippen LogP contribution in [0.15, 0.2) is 23.0 Å². The number of ketones is 1. The van der Waals surface area contributed by atoms with Crippen LogP contribution in [0.5, 0.6) is 0 Å². The molecule has 3 rings (SSSR count).